The Balaban J connectivity index is 0.00000176. The summed E-state index contributed by atoms with van der Waals surface area (Å²) >= 11 is 0. The van der Waals surface area contributed by atoms with E-state index in [1.54, 1.807) is 24.4 Å². The number of hydrogen-bond acceptors (Lipinski definition) is 5. The fourth-order valence-corrected chi connectivity index (χ4v) is 2.91. The number of anilines is 1. The third kappa shape index (κ3) is 3.27. The van der Waals surface area contributed by atoms with Crippen LogP contribution in [0.3, 0.4) is 0 Å². The van der Waals surface area contributed by atoms with E-state index in [1.165, 1.54) is 12.1 Å². The molecule has 5 nitrogen and oxygen atoms in total. The van der Waals surface area contributed by atoms with Gasteiger partial charge in [-0.15, -0.1) is 0 Å². The molecule has 22 heavy (non-hydrogen) atoms. The van der Waals surface area contributed by atoms with Crippen molar-refractivity contribution in [2.24, 2.45) is 0 Å². The van der Waals surface area contributed by atoms with Crippen LogP contribution in [-0.4, -0.2) is 18.2 Å². The zero-order valence-corrected chi connectivity index (χ0v) is 14.7. The third-order valence-electron chi connectivity index (χ3n) is 3.47. The van der Waals surface area contributed by atoms with Crippen molar-refractivity contribution >= 4 is 15.8 Å². The first kappa shape index (κ1) is 17.2. The van der Waals surface area contributed by atoms with Crippen molar-refractivity contribution < 1.29 is 47.7 Å². The van der Waals surface area contributed by atoms with Crippen molar-refractivity contribution in [3.8, 4) is 0 Å². The molecule has 3 rings (SSSR count). The molecule has 1 N–H and O–H groups in total. The summed E-state index contributed by atoms with van der Waals surface area (Å²) in [5.74, 6) is -0.104. The molecule has 0 radical (unpaired) electrons. The molecule has 108 valence electrons. The van der Waals surface area contributed by atoms with Crippen LogP contribution in [0.4, 0.5) is 5.69 Å². The number of allylic oxidation sites excluding steroid dienone is 1. The Morgan fingerprint density at radius 2 is 1.68 bits per heavy atom. The molecule has 2 aromatic carbocycles. The van der Waals surface area contributed by atoms with Gasteiger partial charge in [0.2, 0.25) is 0 Å². The Kier molecular flexibility index (Phi) is 5.11. The first-order valence-electron chi connectivity index (χ1n) is 6.28. The van der Waals surface area contributed by atoms with Gasteiger partial charge in [0.25, 0.3) is 0 Å². The van der Waals surface area contributed by atoms with E-state index in [9.17, 15) is 18.2 Å². The van der Waals surface area contributed by atoms with Crippen molar-refractivity contribution in [2.75, 3.05) is 5.06 Å². The molecule has 0 saturated heterocycles. The summed E-state index contributed by atoms with van der Waals surface area (Å²) in [6.07, 6.45) is 3.36. The number of nitrogens with zero attached hydrogens (tertiary/aromatic N) is 1. The van der Waals surface area contributed by atoms with E-state index < -0.39 is 10.1 Å². The summed E-state index contributed by atoms with van der Waals surface area (Å²) in [7, 11) is -4.44. The molecule has 1 heterocycles. The van der Waals surface area contributed by atoms with Gasteiger partial charge in [0.05, 0.1) is 10.6 Å². The van der Waals surface area contributed by atoms with Crippen LogP contribution in [0.5, 0.6) is 0 Å². The monoisotopic (exact) mass is 325 g/mol. The zero-order valence-electron chi connectivity index (χ0n) is 11.9. The zero-order chi connectivity index (χ0) is 15.0. The van der Waals surface area contributed by atoms with Crippen LogP contribution in [0.2, 0.25) is 0 Å². The molecular weight excluding hydrogens is 313 g/mol. The van der Waals surface area contributed by atoms with E-state index in [1.807, 2.05) is 24.3 Å². The number of benzene rings is 2. The molecule has 1 aliphatic heterocycles. The molecule has 0 aromatic heterocycles. The summed E-state index contributed by atoms with van der Waals surface area (Å²) in [6.45, 7) is 0. The normalized spacial score (nSPS) is 16.8. The molecule has 1 aliphatic rings. The topological polar surface area (TPSA) is 80.7 Å². The maximum atomic E-state index is 11.0. The fourth-order valence-electron chi connectivity index (χ4n) is 2.44. The van der Waals surface area contributed by atoms with Gasteiger partial charge in [-0.25, -0.2) is 13.5 Å². The maximum absolute atomic E-state index is 11.0. The minimum atomic E-state index is -4.44. The van der Waals surface area contributed by atoms with Crippen LogP contribution in [0.15, 0.2) is 65.7 Å². The van der Waals surface area contributed by atoms with Gasteiger partial charge in [-0.05, 0) is 29.3 Å². The van der Waals surface area contributed by atoms with E-state index in [0.29, 0.717) is 5.69 Å². The van der Waals surface area contributed by atoms with E-state index in [4.69, 9.17) is 0 Å². The maximum Gasteiger partial charge on any atom is 1.00 e. The second kappa shape index (κ2) is 6.54. The van der Waals surface area contributed by atoms with Crippen molar-refractivity contribution in [2.45, 2.75) is 10.8 Å². The SMILES string of the molecule is O=S(=O)([O-])c1ccc(C2C=CN(O)c3ccccc32)cc1.[Na+]. The molecule has 1 atom stereocenters. The first-order chi connectivity index (χ1) is 9.97. The number of para-hydroxylation sites is 1. The number of hydroxylamine groups is 1. The van der Waals surface area contributed by atoms with E-state index in [2.05, 4.69) is 0 Å². The Hall–Kier alpha value is -1.15. The summed E-state index contributed by atoms with van der Waals surface area (Å²) in [4.78, 5) is -0.247. The van der Waals surface area contributed by atoms with Crippen LogP contribution in [0.25, 0.3) is 0 Å². The van der Waals surface area contributed by atoms with Gasteiger partial charge in [-0.3, -0.25) is 5.21 Å². The van der Waals surface area contributed by atoms with Crippen molar-refractivity contribution in [1.29, 1.82) is 0 Å². The van der Waals surface area contributed by atoms with E-state index in [-0.39, 0.29) is 40.4 Å². The fraction of sp³-hybridized carbons (Fsp3) is 0.0667. The molecule has 0 bridgehead atoms. The summed E-state index contributed by atoms with van der Waals surface area (Å²) in [5.41, 5.74) is 2.42. The second-order valence-electron chi connectivity index (χ2n) is 4.75. The van der Waals surface area contributed by atoms with Crippen LogP contribution in [0, 0.1) is 0 Å². The van der Waals surface area contributed by atoms with Crippen molar-refractivity contribution in [3.05, 3.63) is 71.9 Å². The third-order valence-corrected chi connectivity index (χ3v) is 4.32. The van der Waals surface area contributed by atoms with Gasteiger partial charge in [0, 0.05) is 12.1 Å². The Bertz CT molecular complexity index is 803. The molecule has 0 aliphatic carbocycles. The Labute approximate surface area is 150 Å². The standard InChI is InChI=1S/C15H13NO4S.Na/c17-16-10-9-13(14-3-1-2-4-15(14)16)11-5-7-12(8-6-11)21(18,19)20;/h1-10,13,17H,(H,18,19,20);/q;+1/p-1. The smallest absolute Gasteiger partial charge is 0.744 e. The Morgan fingerprint density at radius 1 is 1.05 bits per heavy atom. The molecule has 2 aromatic rings. The van der Waals surface area contributed by atoms with Gasteiger partial charge < -0.3 is 4.55 Å². The van der Waals surface area contributed by atoms with Gasteiger partial charge in [-0.2, -0.15) is 0 Å². The molecule has 0 amide bonds. The molecule has 0 saturated carbocycles. The summed E-state index contributed by atoms with van der Waals surface area (Å²) in [5, 5.41) is 10.8. The van der Waals surface area contributed by atoms with Gasteiger partial charge in [0.15, 0.2) is 0 Å². The first-order valence-corrected chi connectivity index (χ1v) is 7.69. The van der Waals surface area contributed by atoms with Crippen LogP contribution < -0.4 is 34.6 Å². The number of fused-ring (bicyclic) bond motifs is 1. The number of hydrogen-bond donors (Lipinski definition) is 1. The summed E-state index contributed by atoms with van der Waals surface area (Å²) in [6, 6.07) is 13.2. The molecule has 0 fully saturated rings. The van der Waals surface area contributed by atoms with Crippen LogP contribution >= 0.6 is 0 Å². The van der Waals surface area contributed by atoms with Crippen molar-refractivity contribution in [3.63, 3.8) is 0 Å². The predicted octanol–water partition coefficient (Wildman–Crippen LogP) is -0.550. The van der Waals surface area contributed by atoms with Crippen LogP contribution in [-0.2, 0) is 10.1 Å². The average Bonchev–Trinajstić information content (AvgIpc) is 2.47. The minimum Gasteiger partial charge on any atom is -0.744 e. The average molecular weight is 325 g/mol. The Morgan fingerprint density at radius 3 is 2.32 bits per heavy atom. The molecule has 7 heteroatoms. The van der Waals surface area contributed by atoms with Gasteiger partial charge in [-0.1, -0.05) is 36.4 Å². The molecular formula is C15H12NNaO4S. The largest absolute Gasteiger partial charge is 1.00 e. The van der Waals surface area contributed by atoms with Gasteiger partial charge >= 0.3 is 29.6 Å². The van der Waals surface area contributed by atoms with E-state index in [0.717, 1.165) is 16.2 Å². The minimum absolute atomic E-state index is 0. The summed E-state index contributed by atoms with van der Waals surface area (Å²) < 4.78 is 32.9. The predicted molar refractivity (Wildman–Crippen MR) is 76.1 cm³/mol. The molecule has 0 spiro atoms. The second-order valence-corrected chi connectivity index (χ2v) is 6.13. The van der Waals surface area contributed by atoms with Crippen molar-refractivity contribution in [1.82, 2.24) is 0 Å². The van der Waals surface area contributed by atoms with E-state index >= 15 is 0 Å². The molecule has 1 unspecified atom stereocenters. The van der Waals surface area contributed by atoms with Crippen LogP contribution in [0.1, 0.15) is 17.0 Å². The quantitative estimate of drug-likeness (QED) is 0.592. The van der Waals surface area contributed by atoms with Gasteiger partial charge in [0.1, 0.15) is 10.1 Å². The number of rotatable bonds is 2.